The molecule has 26 heavy (non-hydrogen) atoms. The molecule has 1 saturated heterocycles. The molecule has 0 aliphatic carbocycles. The van der Waals surface area contributed by atoms with Gasteiger partial charge in [0.25, 0.3) is 0 Å². The highest BCUT2D eigenvalue weighted by atomic mass is 16.3. The minimum atomic E-state index is 0.105. The molecule has 0 bridgehead atoms. The van der Waals surface area contributed by atoms with E-state index in [1.807, 2.05) is 42.5 Å². The van der Waals surface area contributed by atoms with E-state index in [2.05, 4.69) is 17.1 Å². The highest BCUT2D eigenvalue weighted by Crippen LogP contribution is 2.22. The van der Waals surface area contributed by atoms with Crippen LogP contribution < -0.4 is 5.32 Å². The van der Waals surface area contributed by atoms with Crippen LogP contribution >= 0.6 is 0 Å². The monoisotopic (exact) mass is 354 g/mol. The van der Waals surface area contributed by atoms with Gasteiger partial charge >= 0.3 is 0 Å². The predicted octanol–water partition coefficient (Wildman–Crippen LogP) is 4.12. The van der Waals surface area contributed by atoms with Crippen LogP contribution in [0.25, 0.3) is 11.3 Å². The molecule has 0 saturated carbocycles. The number of aryl methyl sites for hydroxylation is 1. The molecule has 1 fully saturated rings. The summed E-state index contributed by atoms with van der Waals surface area (Å²) in [4.78, 5) is 14.6. The zero-order valence-electron chi connectivity index (χ0n) is 15.7. The molecule has 2 heterocycles. The second-order valence-electron chi connectivity index (χ2n) is 7.40. The molecule has 4 heteroatoms. The largest absolute Gasteiger partial charge is 0.461 e. The number of nitrogens with zero attached hydrogens (tertiary/aromatic N) is 1. The van der Waals surface area contributed by atoms with Gasteiger partial charge in [0.1, 0.15) is 11.5 Å². The van der Waals surface area contributed by atoms with Crippen molar-refractivity contribution in [3.63, 3.8) is 0 Å². The van der Waals surface area contributed by atoms with Crippen LogP contribution in [0.3, 0.4) is 0 Å². The summed E-state index contributed by atoms with van der Waals surface area (Å²) in [6.07, 6.45) is 5.10. The lowest BCUT2D eigenvalue weighted by Crippen LogP contribution is -2.38. The summed E-state index contributed by atoms with van der Waals surface area (Å²) in [5.41, 5.74) is 1.06. The summed E-state index contributed by atoms with van der Waals surface area (Å²) in [7, 11) is 0. The van der Waals surface area contributed by atoms with Gasteiger partial charge in [-0.3, -0.25) is 4.79 Å². The van der Waals surface area contributed by atoms with Gasteiger partial charge in [0.2, 0.25) is 5.91 Å². The summed E-state index contributed by atoms with van der Waals surface area (Å²) in [6, 6.07) is 14.0. The van der Waals surface area contributed by atoms with Gasteiger partial charge in [0.05, 0.1) is 0 Å². The topological polar surface area (TPSA) is 45.5 Å². The van der Waals surface area contributed by atoms with E-state index >= 15 is 0 Å². The van der Waals surface area contributed by atoms with E-state index in [1.165, 1.54) is 32.4 Å². The zero-order valence-corrected chi connectivity index (χ0v) is 15.7. The van der Waals surface area contributed by atoms with Crippen LogP contribution in [-0.4, -0.2) is 37.0 Å². The zero-order chi connectivity index (χ0) is 18.2. The molecule has 1 aromatic heterocycles. The molecule has 1 N–H and O–H groups in total. The van der Waals surface area contributed by atoms with Crippen molar-refractivity contribution in [1.82, 2.24) is 10.2 Å². The Hall–Kier alpha value is -2.07. The Kier molecular flexibility index (Phi) is 6.89. The number of furan rings is 1. The van der Waals surface area contributed by atoms with Crippen molar-refractivity contribution in [1.29, 1.82) is 0 Å². The molecule has 3 rings (SSSR count). The number of hydrogen-bond acceptors (Lipinski definition) is 3. The van der Waals surface area contributed by atoms with Crippen molar-refractivity contribution in [2.45, 2.75) is 39.0 Å². The third-order valence-electron chi connectivity index (χ3n) is 4.98. The Morgan fingerprint density at radius 2 is 1.88 bits per heavy atom. The maximum Gasteiger partial charge on any atom is 0.220 e. The number of hydrogen-bond donors (Lipinski definition) is 1. The standard InChI is InChI=1S/C22H30N2O2/c1-18(17-24-14-6-3-7-15-24)16-23-22(25)13-11-20-10-12-21(26-20)19-8-4-2-5-9-19/h2,4-5,8-10,12,18H,3,6-7,11,13-17H2,1H3,(H,23,25). The number of carbonyl (C=O) groups excluding carboxylic acids is 1. The van der Waals surface area contributed by atoms with Crippen molar-refractivity contribution in [3.05, 3.63) is 48.2 Å². The van der Waals surface area contributed by atoms with Gasteiger partial charge < -0.3 is 14.6 Å². The second-order valence-corrected chi connectivity index (χ2v) is 7.40. The third-order valence-corrected chi connectivity index (χ3v) is 4.98. The van der Waals surface area contributed by atoms with Crippen LogP contribution in [0.15, 0.2) is 46.9 Å². The van der Waals surface area contributed by atoms with Crippen LogP contribution in [0.1, 0.15) is 38.4 Å². The first-order chi connectivity index (χ1) is 12.7. The molecule has 4 nitrogen and oxygen atoms in total. The van der Waals surface area contributed by atoms with Gasteiger partial charge in [0.15, 0.2) is 0 Å². The highest BCUT2D eigenvalue weighted by molar-refractivity contribution is 5.76. The molecule has 1 amide bonds. The summed E-state index contributed by atoms with van der Waals surface area (Å²) < 4.78 is 5.86. The third kappa shape index (κ3) is 5.73. The van der Waals surface area contributed by atoms with Crippen molar-refractivity contribution < 1.29 is 9.21 Å². The maximum absolute atomic E-state index is 12.1. The van der Waals surface area contributed by atoms with E-state index in [9.17, 15) is 4.79 Å². The fourth-order valence-corrected chi connectivity index (χ4v) is 3.53. The van der Waals surface area contributed by atoms with Crippen LogP contribution in [0.5, 0.6) is 0 Å². The highest BCUT2D eigenvalue weighted by Gasteiger charge is 2.14. The summed E-state index contributed by atoms with van der Waals surface area (Å²) in [5, 5.41) is 3.07. The number of benzene rings is 1. The van der Waals surface area contributed by atoms with Gasteiger partial charge in [0, 0.05) is 31.5 Å². The lowest BCUT2D eigenvalue weighted by atomic mass is 10.1. The molecule has 140 valence electrons. The molecule has 0 spiro atoms. The van der Waals surface area contributed by atoms with Gasteiger partial charge in [-0.1, -0.05) is 43.7 Å². The summed E-state index contributed by atoms with van der Waals surface area (Å²) >= 11 is 0. The van der Waals surface area contributed by atoms with Crippen molar-refractivity contribution in [2.24, 2.45) is 5.92 Å². The molecule has 1 atom stereocenters. The first kappa shape index (κ1) is 18.7. The van der Waals surface area contributed by atoms with Gasteiger partial charge in [-0.25, -0.2) is 0 Å². The minimum Gasteiger partial charge on any atom is -0.461 e. The number of likely N-dealkylation sites (tertiary alicyclic amines) is 1. The van der Waals surface area contributed by atoms with E-state index in [-0.39, 0.29) is 5.91 Å². The normalized spacial score (nSPS) is 16.3. The van der Waals surface area contributed by atoms with Crippen LogP contribution in [0, 0.1) is 5.92 Å². The number of nitrogens with one attached hydrogen (secondary N) is 1. The van der Waals surface area contributed by atoms with Gasteiger partial charge in [-0.15, -0.1) is 0 Å². The molecule has 1 aromatic carbocycles. The molecule has 1 aliphatic heterocycles. The summed E-state index contributed by atoms with van der Waals surface area (Å²) in [6.45, 7) is 6.47. The first-order valence-electron chi connectivity index (χ1n) is 9.84. The Morgan fingerprint density at radius 3 is 2.65 bits per heavy atom. The number of carbonyl (C=O) groups is 1. The van der Waals surface area contributed by atoms with Gasteiger partial charge in [-0.2, -0.15) is 0 Å². The van der Waals surface area contributed by atoms with Crippen molar-refractivity contribution >= 4 is 5.91 Å². The van der Waals surface area contributed by atoms with Crippen molar-refractivity contribution in [2.75, 3.05) is 26.2 Å². The Morgan fingerprint density at radius 1 is 1.12 bits per heavy atom. The van der Waals surface area contributed by atoms with E-state index in [1.54, 1.807) is 0 Å². The lowest BCUT2D eigenvalue weighted by Gasteiger charge is -2.29. The molecule has 1 aliphatic rings. The van der Waals surface area contributed by atoms with E-state index < -0.39 is 0 Å². The lowest BCUT2D eigenvalue weighted by molar-refractivity contribution is -0.121. The Bertz CT molecular complexity index is 674. The minimum absolute atomic E-state index is 0.105. The van der Waals surface area contributed by atoms with E-state index in [0.29, 0.717) is 18.8 Å². The Labute approximate surface area is 156 Å². The first-order valence-corrected chi connectivity index (χ1v) is 9.84. The SMILES string of the molecule is CC(CNC(=O)CCc1ccc(-c2ccccc2)o1)CN1CCCCC1. The smallest absolute Gasteiger partial charge is 0.220 e. The van der Waals surface area contributed by atoms with E-state index in [4.69, 9.17) is 4.42 Å². The Balaban J connectivity index is 1.37. The van der Waals surface area contributed by atoms with Gasteiger partial charge in [-0.05, 0) is 44.0 Å². The summed E-state index contributed by atoms with van der Waals surface area (Å²) in [5.74, 6) is 2.31. The molecular formula is C22H30N2O2. The predicted molar refractivity (Wildman–Crippen MR) is 105 cm³/mol. The number of piperidine rings is 1. The van der Waals surface area contributed by atoms with Crippen molar-refractivity contribution in [3.8, 4) is 11.3 Å². The average molecular weight is 354 g/mol. The average Bonchev–Trinajstić information content (AvgIpc) is 3.15. The molecule has 0 radical (unpaired) electrons. The number of rotatable bonds is 8. The van der Waals surface area contributed by atoms with Crippen LogP contribution in [0.2, 0.25) is 0 Å². The quantitative estimate of drug-likeness (QED) is 0.776. The van der Waals surface area contributed by atoms with E-state index in [0.717, 1.165) is 30.2 Å². The van der Waals surface area contributed by atoms with Crippen LogP contribution in [-0.2, 0) is 11.2 Å². The second kappa shape index (κ2) is 9.58. The number of amides is 1. The fraction of sp³-hybridized carbons (Fsp3) is 0.500. The molecule has 1 unspecified atom stereocenters. The molecule has 2 aromatic rings. The fourth-order valence-electron chi connectivity index (χ4n) is 3.53. The maximum atomic E-state index is 12.1. The van der Waals surface area contributed by atoms with Crippen LogP contribution in [0.4, 0.5) is 0 Å². The molecular weight excluding hydrogens is 324 g/mol.